The highest BCUT2D eigenvalue weighted by atomic mass is 16.1. The van der Waals surface area contributed by atoms with Crippen LogP contribution in [0.3, 0.4) is 0 Å². The molecule has 0 spiro atoms. The van der Waals surface area contributed by atoms with Crippen LogP contribution < -0.4 is 10.6 Å². The molecule has 0 aromatic heterocycles. The molecule has 0 radical (unpaired) electrons. The average molecular weight is 212 g/mol. The smallest absolute Gasteiger partial charge is 0.234 e. The predicted octanol–water partition coefficient (Wildman–Crippen LogP) is 1.68. The van der Waals surface area contributed by atoms with E-state index in [1.165, 1.54) is 6.42 Å². The lowest BCUT2D eigenvalue weighted by Crippen LogP contribution is -2.41. The molecule has 0 heterocycles. The van der Waals surface area contributed by atoms with Gasteiger partial charge in [0.25, 0.3) is 0 Å². The molecule has 0 saturated heterocycles. The molecule has 1 unspecified atom stereocenters. The van der Waals surface area contributed by atoms with E-state index in [-0.39, 0.29) is 5.91 Å². The summed E-state index contributed by atoms with van der Waals surface area (Å²) in [7, 11) is 0. The number of hydrogen-bond donors (Lipinski definition) is 2. The molecule has 88 valence electrons. The largest absolute Gasteiger partial charge is 0.352 e. The van der Waals surface area contributed by atoms with Crippen LogP contribution in [0.4, 0.5) is 0 Å². The minimum Gasteiger partial charge on any atom is -0.352 e. The van der Waals surface area contributed by atoms with Crippen LogP contribution in [0.5, 0.6) is 0 Å². The van der Waals surface area contributed by atoms with Gasteiger partial charge < -0.3 is 10.6 Å². The molecule has 1 aliphatic carbocycles. The molecule has 0 bridgehead atoms. The molecular formula is C12H24N2O. The highest BCUT2D eigenvalue weighted by Crippen LogP contribution is 2.44. The molecule has 15 heavy (non-hydrogen) atoms. The maximum Gasteiger partial charge on any atom is 0.234 e. The Morgan fingerprint density at radius 2 is 1.93 bits per heavy atom. The molecule has 1 aliphatic rings. The van der Waals surface area contributed by atoms with Crippen molar-refractivity contribution in [3.8, 4) is 0 Å². The Hall–Kier alpha value is -0.570. The maximum absolute atomic E-state index is 11.5. The summed E-state index contributed by atoms with van der Waals surface area (Å²) in [6.07, 6.45) is 3.21. The Morgan fingerprint density at radius 1 is 1.40 bits per heavy atom. The number of amides is 1. The van der Waals surface area contributed by atoms with Gasteiger partial charge >= 0.3 is 0 Å². The SMILES string of the molecule is CCC(CC)NC(=O)CNC1CC1(C)C. The normalized spacial score (nSPS) is 22.9. The van der Waals surface area contributed by atoms with Gasteiger partial charge in [0.05, 0.1) is 6.54 Å². The monoisotopic (exact) mass is 212 g/mol. The van der Waals surface area contributed by atoms with Crippen LogP contribution in [0.15, 0.2) is 0 Å². The fraction of sp³-hybridized carbons (Fsp3) is 0.917. The van der Waals surface area contributed by atoms with E-state index in [4.69, 9.17) is 0 Å². The van der Waals surface area contributed by atoms with Gasteiger partial charge in [-0.15, -0.1) is 0 Å². The van der Waals surface area contributed by atoms with Crippen molar-refractivity contribution < 1.29 is 4.79 Å². The summed E-state index contributed by atoms with van der Waals surface area (Å²) in [6.45, 7) is 9.12. The molecule has 1 saturated carbocycles. The summed E-state index contributed by atoms with van der Waals surface area (Å²) in [5.74, 6) is 0.131. The highest BCUT2D eigenvalue weighted by molar-refractivity contribution is 5.78. The molecule has 3 nitrogen and oxygen atoms in total. The van der Waals surface area contributed by atoms with Gasteiger partial charge in [-0.25, -0.2) is 0 Å². The minimum absolute atomic E-state index is 0.131. The predicted molar refractivity (Wildman–Crippen MR) is 62.7 cm³/mol. The van der Waals surface area contributed by atoms with Gasteiger partial charge in [-0.3, -0.25) is 4.79 Å². The molecular weight excluding hydrogens is 188 g/mol. The van der Waals surface area contributed by atoms with Crippen LogP contribution in [-0.2, 0) is 4.79 Å². The fourth-order valence-electron chi connectivity index (χ4n) is 1.80. The number of rotatable bonds is 6. The number of carbonyl (C=O) groups excluding carboxylic acids is 1. The lowest BCUT2D eigenvalue weighted by atomic mass is 10.2. The lowest BCUT2D eigenvalue weighted by molar-refractivity contribution is -0.121. The van der Waals surface area contributed by atoms with Crippen molar-refractivity contribution in [2.24, 2.45) is 5.41 Å². The van der Waals surface area contributed by atoms with E-state index in [1.54, 1.807) is 0 Å². The Kier molecular flexibility index (Phi) is 4.14. The van der Waals surface area contributed by atoms with E-state index in [1.807, 2.05) is 0 Å². The first-order valence-electron chi connectivity index (χ1n) is 6.02. The van der Waals surface area contributed by atoms with Crippen molar-refractivity contribution in [2.45, 2.75) is 59.0 Å². The zero-order chi connectivity index (χ0) is 11.5. The standard InChI is InChI=1S/C12H24N2O/c1-5-9(6-2)14-11(15)8-13-10-7-12(10,3)4/h9-10,13H,5-8H2,1-4H3,(H,14,15). The zero-order valence-electron chi connectivity index (χ0n) is 10.4. The topological polar surface area (TPSA) is 41.1 Å². The molecule has 0 aromatic carbocycles. The van der Waals surface area contributed by atoms with E-state index < -0.39 is 0 Å². The van der Waals surface area contributed by atoms with E-state index in [0.29, 0.717) is 24.0 Å². The summed E-state index contributed by atoms with van der Waals surface area (Å²) in [6, 6.07) is 0.872. The summed E-state index contributed by atoms with van der Waals surface area (Å²) in [4.78, 5) is 11.5. The van der Waals surface area contributed by atoms with Crippen LogP contribution >= 0.6 is 0 Å². The summed E-state index contributed by atoms with van der Waals surface area (Å²) in [5, 5.41) is 6.31. The third-order valence-corrected chi connectivity index (χ3v) is 3.37. The van der Waals surface area contributed by atoms with E-state index in [2.05, 4.69) is 38.3 Å². The van der Waals surface area contributed by atoms with Crippen molar-refractivity contribution in [3.05, 3.63) is 0 Å². The first-order valence-corrected chi connectivity index (χ1v) is 6.02. The van der Waals surface area contributed by atoms with Crippen LogP contribution in [-0.4, -0.2) is 24.5 Å². The summed E-state index contributed by atoms with van der Waals surface area (Å²) in [5.41, 5.74) is 0.398. The van der Waals surface area contributed by atoms with E-state index >= 15 is 0 Å². The highest BCUT2D eigenvalue weighted by Gasteiger charge is 2.45. The molecule has 2 N–H and O–H groups in total. The summed E-state index contributed by atoms with van der Waals surface area (Å²) >= 11 is 0. The number of nitrogens with one attached hydrogen (secondary N) is 2. The van der Waals surface area contributed by atoms with Crippen LogP contribution in [0, 0.1) is 5.41 Å². The molecule has 3 heteroatoms. The van der Waals surface area contributed by atoms with Crippen molar-refractivity contribution >= 4 is 5.91 Å². The van der Waals surface area contributed by atoms with Gasteiger partial charge in [0.2, 0.25) is 5.91 Å². The zero-order valence-corrected chi connectivity index (χ0v) is 10.4. The molecule has 0 aromatic rings. The van der Waals surface area contributed by atoms with Gasteiger partial charge in [-0.2, -0.15) is 0 Å². The average Bonchev–Trinajstić information content (AvgIpc) is 2.80. The van der Waals surface area contributed by atoms with Gasteiger partial charge in [0.1, 0.15) is 0 Å². The fourth-order valence-corrected chi connectivity index (χ4v) is 1.80. The first kappa shape index (κ1) is 12.5. The number of carbonyl (C=O) groups is 1. The summed E-state index contributed by atoms with van der Waals surface area (Å²) < 4.78 is 0. The molecule has 0 aliphatic heterocycles. The second-order valence-corrected chi connectivity index (χ2v) is 5.21. The van der Waals surface area contributed by atoms with E-state index in [9.17, 15) is 4.79 Å². The number of hydrogen-bond acceptors (Lipinski definition) is 2. The second kappa shape index (κ2) is 4.97. The lowest BCUT2D eigenvalue weighted by Gasteiger charge is -2.15. The van der Waals surface area contributed by atoms with E-state index in [0.717, 1.165) is 12.8 Å². The first-order chi connectivity index (χ1) is 6.99. The van der Waals surface area contributed by atoms with Crippen LogP contribution in [0.25, 0.3) is 0 Å². The van der Waals surface area contributed by atoms with Gasteiger partial charge in [-0.1, -0.05) is 27.7 Å². The maximum atomic E-state index is 11.5. The van der Waals surface area contributed by atoms with Crippen molar-refractivity contribution in [1.29, 1.82) is 0 Å². The van der Waals surface area contributed by atoms with Crippen molar-refractivity contribution in [2.75, 3.05) is 6.54 Å². The Balaban J connectivity index is 2.14. The molecule has 1 fully saturated rings. The third-order valence-electron chi connectivity index (χ3n) is 3.37. The van der Waals surface area contributed by atoms with Crippen molar-refractivity contribution in [3.63, 3.8) is 0 Å². The molecule has 1 rings (SSSR count). The Morgan fingerprint density at radius 3 is 2.33 bits per heavy atom. The van der Waals surface area contributed by atoms with Gasteiger partial charge in [-0.05, 0) is 24.7 Å². The van der Waals surface area contributed by atoms with Gasteiger partial charge in [0.15, 0.2) is 0 Å². The van der Waals surface area contributed by atoms with Crippen LogP contribution in [0.2, 0.25) is 0 Å². The third kappa shape index (κ3) is 3.82. The molecule has 1 amide bonds. The van der Waals surface area contributed by atoms with Crippen LogP contribution in [0.1, 0.15) is 47.0 Å². The van der Waals surface area contributed by atoms with Gasteiger partial charge in [0, 0.05) is 12.1 Å². The quantitative estimate of drug-likeness (QED) is 0.703. The van der Waals surface area contributed by atoms with Crippen molar-refractivity contribution in [1.82, 2.24) is 10.6 Å². The Labute approximate surface area is 93.0 Å². The second-order valence-electron chi connectivity index (χ2n) is 5.21. The molecule has 1 atom stereocenters. The minimum atomic E-state index is 0.131. The Bertz CT molecular complexity index is 222.